The minimum absolute atomic E-state index is 0.0270. The zero-order chi connectivity index (χ0) is 32.6. The fraction of sp³-hybridized carbons (Fsp3) is 0.571. The van der Waals surface area contributed by atoms with Crippen molar-refractivity contribution in [1.82, 2.24) is 19.8 Å². The molecule has 0 amide bonds. The molecule has 1 fully saturated rings. The van der Waals surface area contributed by atoms with Crippen LogP contribution < -0.4 is 4.72 Å². The van der Waals surface area contributed by atoms with Crippen LogP contribution >= 0.6 is 11.3 Å². The van der Waals surface area contributed by atoms with E-state index in [1.54, 1.807) is 13.8 Å². The predicted octanol–water partition coefficient (Wildman–Crippen LogP) is 7.03. The first-order chi connectivity index (χ1) is 20.4. The molecule has 1 aliphatic carbocycles. The van der Waals surface area contributed by atoms with Crippen LogP contribution in [0.5, 0.6) is 0 Å². The Morgan fingerprint density at radius 1 is 1.27 bits per heavy atom. The van der Waals surface area contributed by atoms with Gasteiger partial charge in [0.25, 0.3) is 6.43 Å². The molecule has 4 rings (SSSR count). The van der Waals surface area contributed by atoms with Gasteiger partial charge in [-0.05, 0) is 58.4 Å². The quantitative estimate of drug-likeness (QED) is 0.197. The molecule has 0 saturated heterocycles. The molecule has 2 aromatic heterocycles. The average Bonchev–Trinajstić information content (AvgIpc) is 3.53. The Hall–Kier alpha value is -2.98. The van der Waals surface area contributed by atoms with Crippen molar-refractivity contribution in [2.45, 2.75) is 95.9 Å². The van der Waals surface area contributed by atoms with E-state index >= 15 is 4.39 Å². The van der Waals surface area contributed by atoms with Gasteiger partial charge in [-0.15, -0.1) is 11.3 Å². The number of carboxylic acids is 1. The highest BCUT2D eigenvalue weighted by Gasteiger charge is 2.38. The van der Waals surface area contributed by atoms with Crippen molar-refractivity contribution in [3.63, 3.8) is 0 Å². The Labute approximate surface area is 255 Å². The van der Waals surface area contributed by atoms with Gasteiger partial charge in [0.05, 0.1) is 21.5 Å². The van der Waals surface area contributed by atoms with Crippen molar-refractivity contribution in [3.8, 4) is 21.3 Å². The fourth-order valence-corrected chi connectivity index (χ4v) is 7.46. The van der Waals surface area contributed by atoms with Crippen molar-refractivity contribution in [2.75, 3.05) is 0 Å². The number of nitrogens with one attached hydrogen (secondary N) is 1. The second kappa shape index (κ2) is 12.8. The van der Waals surface area contributed by atoms with E-state index in [1.165, 1.54) is 13.8 Å². The van der Waals surface area contributed by atoms with Crippen LogP contribution in [0.15, 0.2) is 21.6 Å². The van der Waals surface area contributed by atoms with E-state index in [0.717, 1.165) is 23.5 Å². The minimum Gasteiger partial charge on any atom is -0.481 e. The molecular formula is C28H33F5N4O5S2. The smallest absolute Gasteiger partial charge is 0.309 e. The Morgan fingerprint density at radius 3 is 2.59 bits per heavy atom. The molecule has 1 unspecified atom stereocenters. The lowest BCUT2D eigenvalue weighted by molar-refractivity contribution is -0.147. The highest BCUT2D eigenvalue weighted by molar-refractivity contribution is 7.89. The number of rotatable bonds is 12. The van der Waals surface area contributed by atoms with Crippen molar-refractivity contribution < 1.29 is 44.8 Å². The molecule has 2 heterocycles. The van der Waals surface area contributed by atoms with E-state index < -0.39 is 68.4 Å². The first-order valence-electron chi connectivity index (χ1n) is 14.0. The number of benzene rings is 1. The highest BCUT2D eigenvalue weighted by Crippen LogP contribution is 2.44. The van der Waals surface area contributed by atoms with Gasteiger partial charge < -0.3 is 9.63 Å². The van der Waals surface area contributed by atoms with Gasteiger partial charge in [-0.3, -0.25) is 4.79 Å². The number of halogens is 5. The highest BCUT2D eigenvalue weighted by atomic mass is 32.2. The van der Waals surface area contributed by atoms with Crippen LogP contribution in [-0.2, 0) is 27.7 Å². The summed E-state index contributed by atoms with van der Waals surface area (Å²) in [5.41, 5.74) is -2.62. The summed E-state index contributed by atoms with van der Waals surface area (Å²) < 4.78 is 106. The van der Waals surface area contributed by atoms with Crippen LogP contribution in [0, 0.1) is 17.2 Å². The average molecular weight is 665 g/mol. The van der Waals surface area contributed by atoms with E-state index in [1.807, 2.05) is 0 Å². The molecule has 2 atom stereocenters. The number of hydrogen-bond acceptors (Lipinski definition) is 8. The molecule has 3 aromatic rings. The third-order valence-corrected chi connectivity index (χ3v) is 10.4. The Bertz CT molecular complexity index is 1620. The first-order valence-corrected chi connectivity index (χ1v) is 16.3. The van der Waals surface area contributed by atoms with Crippen LogP contribution in [0.3, 0.4) is 0 Å². The predicted molar refractivity (Wildman–Crippen MR) is 152 cm³/mol. The van der Waals surface area contributed by atoms with Gasteiger partial charge in [-0.1, -0.05) is 18.1 Å². The molecule has 0 bridgehead atoms. The molecule has 0 spiro atoms. The Balaban J connectivity index is 1.82. The van der Waals surface area contributed by atoms with Gasteiger partial charge in [0.1, 0.15) is 4.90 Å². The maximum absolute atomic E-state index is 15.7. The number of nitrogens with zero attached hydrogens (tertiary/aromatic N) is 3. The van der Waals surface area contributed by atoms with Gasteiger partial charge in [0.2, 0.25) is 27.7 Å². The summed E-state index contributed by atoms with van der Waals surface area (Å²) in [6, 6.07) is 1.36. The van der Waals surface area contributed by atoms with Crippen molar-refractivity contribution in [1.29, 1.82) is 0 Å². The maximum Gasteiger partial charge on any atom is 0.309 e. The molecular weight excluding hydrogens is 631 g/mol. The van der Waals surface area contributed by atoms with E-state index in [9.17, 15) is 35.9 Å². The van der Waals surface area contributed by atoms with Crippen molar-refractivity contribution in [3.05, 3.63) is 35.1 Å². The molecule has 16 heteroatoms. The Kier molecular flexibility index (Phi) is 9.86. The summed E-state index contributed by atoms with van der Waals surface area (Å²) in [6.07, 6.45) is -3.24. The van der Waals surface area contributed by atoms with Crippen LogP contribution in [-0.4, -0.2) is 46.6 Å². The fourth-order valence-electron chi connectivity index (χ4n) is 4.99. The second-order valence-electron chi connectivity index (χ2n) is 11.8. The zero-order valence-electron chi connectivity index (χ0n) is 24.5. The summed E-state index contributed by atoms with van der Waals surface area (Å²) in [6.45, 7) is 6.16. The molecule has 1 saturated carbocycles. The normalized spacial score (nSPS) is 18.1. The summed E-state index contributed by atoms with van der Waals surface area (Å²) in [5.74, 6) is -6.31. The molecule has 1 aliphatic rings. The van der Waals surface area contributed by atoms with E-state index in [2.05, 4.69) is 19.8 Å². The van der Waals surface area contributed by atoms with Gasteiger partial charge >= 0.3 is 5.97 Å². The number of aliphatic carboxylic acids is 1. The SMILES string of the molecule is CC[C@@H](C)NS(=O)(=O)c1ccc(-c2sc(-c3noc(CC(C)(C)C(=O)O)n3)nc2CC2CCCC(F)(F)C2)c(C(F)F)c1F. The molecule has 44 heavy (non-hydrogen) atoms. The topological polar surface area (TPSA) is 135 Å². The van der Waals surface area contributed by atoms with Gasteiger partial charge in [-0.2, -0.15) is 4.98 Å². The summed E-state index contributed by atoms with van der Waals surface area (Å²) in [4.78, 5) is 19.3. The molecule has 0 radical (unpaired) electrons. The van der Waals surface area contributed by atoms with Gasteiger partial charge in [-0.25, -0.2) is 40.1 Å². The molecule has 0 aliphatic heterocycles. The van der Waals surface area contributed by atoms with Gasteiger partial charge in [0, 0.05) is 30.9 Å². The summed E-state index contributed by atoms with van der Waals surface area (Å²) in [5, 5.41) is 13.3. The largest absolute Gasteiger partial charge is 0.481 e. The van der Waals surface area contributed by atoms with Crippen LogP contribution in [0.25, 0.3) is 21.3 Å². The lowest BCUT2D eigenvalue weighted by atomic mass is 9.83. The summed E-state index contributed by atoms with van der Waals surface area (Å²) >= 11 is 0.795. The third-order valence-electron chi connectivity index (χ3n) is 7.62. The van der Waals surface area contributed by atoms with E-state index in [0.29, 0.717) is 12.8 Å². The third kappa shape index (κ3) is 7.45. The lowest BCUT2D eigenvalue weighted by Gasteiger charge is -2.28. The standard InChI is InChI=1S/C28H33F5N4O5S2/c1-5-14(2)37-44(40,41)18-9-8-16(20(21(18)29)23(30)31)22-17(11-15-7-6-10-28(32,33)12-15)34-25(43-22)24-35-19(42-36-24)13-27(3,4)26(38)39/h8-9,14-15,23,37H,5-7,10-13H2,1-4H3,(H,38,39)/t14-,15?/m1/s1. The molecule has 1 aromatic carbocycles. The van der Waals surface area contributed by atoms with Crippen LogP contribution in [0.2, 0.25) is 0 Å². The number of alkyl halides is 4. The number of sulfonamides is 1. The number of aromatic nitrogens is 3. The lowest BCUT2D eigenvalue weighted by Crippen LogP contribution is -2.32. The van der Waals surface area contributed by atoms with Crippen LogP contribution in [0.4, 0.5) is 22.0 Å². The van der Waals surface area contributed by atoms with Crippen LogP contribution in [0.1, 0.15) is 83.4 Å². The zero-order valence-corrected chi connectivity index (χ0v) is 26.1. The molecule has 242 valence electrons. The molecule has 9 nitrogen and oxygen atoms in total. The number of thiazole rings is 1. The first kappa shape index (κ1) is 33.9. The number of hydrogen-bond donors (Lipinski definition) is 2. The molecule has 2 N–H and O–H groups in total. The van der Waals surface area contributed by atoms with E-state index in [4.69, 9.17) is 4.52 Å². The Morgan fingerprint density at radius 2 is 1.98 bits per heavy atom. The number of carbonyl (C=O) groups is 1. The minimum atomic E-state index is -4.49. The summed E-state index contributed by atoms with van der Waals surface area (Å²) in [7, 11) is -4.49. The maximum atomic E-state index is 15.7. The monoisotopic (exact) mass is 664 g/mol. The van der Waals surface area contributed by atoms with Crippen molar-refractivity contribution in [2.24, 2.45) is 11.3 Å². The second-order valence-corrected chi connectivity index (χ2v) is 14.4. The van der Waals surface area contributed by atoms with Crippen molar-refractivity contribution >= 4 is 27.3 Å². The number of carboxylic acid groups (broad SMARTS) is 1. The van der Waals surface area contributed by atoms with Gasteiger partial charge in [0.15, 0.2) is 10.8 Å². The van der Waals surface area contributed by atoms with E-state index in [-0.39, 0.29) is 58.5 Å².